The molecule has 8 nitrogen and oxygen atoms in total. The fraction of sp³-hybridized carbons (Fsp3) is 0.593. The number of aromatic nitrogens is 3. The molecular formula is C27H36F2N4O4. The minimum Gasteiger partial charge on any atom is -0.490 e. The second-order valence-corrected chi connectivity index (χ2v) is 10.1. The Hall–Kier alpha value is -3.01. The van der Waals surface area contributed by atoms with Crippen LogP contribution in [-0.2, 0) is 20.8 Å². The molecule has 1 fully saturated rings. The summed E-state index contributed by atoms with van der Waals surface area (Å²) in [5.41, 5.74) is 0.307. The summed E-state index contributed by atoms with van der Waals surface area (Å²) in [6.45, 7) is 5.56. The number of H-pyrrole nitrogens is 1. The largest absolute Gasteiger partial charge is 0.490 e. The number of carbonyl (C=O) groups is 3. The quantitative estimate of drug-likeness (QED) is 0.298. The van der Waals surface area contributed by atoms with E-state index in [0.29, 0.717) is 30.0 Å². The summed E-state index contributed by atoms with van der Waals surface area (Å²) in [6.07, 6.45) is 1.47. The van der Waals surface area contributed by atoms with Crippen molar-refractivity contribution in [3.05, 3.63) is 42.0 Å². The summed E-state index contributed by atoms with van der Waals surface area (Å²) in [7, 11) is 0. The first kappa shape index (κ1) is 28.6. The fourth-order valence-corrected chi connectivity index (χ4v) is 4.21. The molecule has 3 rings (SSSR count). The Balaban J connectivity index is 1.78. The third-order valence-corrected chi connectivity index (χ3v) is 6.27. The number of ketones is 3. The lowest BCUT2D eigenvalue weighted by atomic mass is 9.86. The summed E-state index contributed by atoms with van der Waals surface area (Å²) in [5, 5.41) is 9.24. The predicted molar refractivity (Wildman–Crippen MR) is 133 cm³/mol. The van der Waals surface area contributed by atoms with Gasteiger partial charge in [0, 0.05) is 25.2 Å². The molecule has 0 saturated heterocycles. The molecule has 1 aliphatic rings. The first-order valence-electron chi connectivity index (χ1n) is 12.9. The van der Waals surface area contributed by atoms with Crippen LogP contribution in [0.1, 0.15) is 76.7 Å². The predicted octanol–water partition coefficient (Wildman–Crippen LogP) is 4.41. The van der Waals surface area contributed by atoms with Crippen LogP contribution < -0.4 is 10.1 Å². The van der Waals surface area contributed by atoms with Crippen molar-refractivity contribution in [1.29, 1.82) is 0 Å². The Kier molecular flexibility index (Phi) is 10.4. The number of rotatable bonds is 17. The first-order chi connectivity index (χ1) is 17.7. The molecule has 0 unspecified atom stereocenters. The average Bonchev–Trinajstić information content (AvgIpc) is 3.51. The maximum Gasteiger partial charge on any atom is 0.257 e. The van der Waals surface area contributed by atoms with Gasteiger partial charge in [0.2, 0.25) is 5.78 Å². The van der Waals surface area contributed by atoms with E-state index in [-0.39, 0.29) is 31.3 Å². The summed E-state index contributed by atoms with van der Waals surface area (Å²) < 4.78 is 34.1. The molecule has 1 heterocycles. The highest BCUT2D eigenvalue weighted by molar-refractivity contribution is 6.38. The van der Waals surface area contributed by atoms with Crippen LogP contribution in [0.5, 0.6) is 5.75 Å². The Morgan fingerprint density at radius 3 is 2.38 bits per heavy atom. The number of carbonyl (C=O) groups excluding carboxylic acids is 3. The van der Waals surface area contributed by atoms with Crippen molar-refractivity contribution in [2.24, 2.45) is 11.8 Å². The van der Waals surface area contributed by atoms with E-state index in [1.807, 2.05) is 20.8 Å². The molecular weight excluding hydrogens is 482 g/mol. The molecule has 3 atom stereocenters. The Morgan fingerprint density at radius 2 is 1.84 bits per heavy atom. The third kappa shape index (κ3) is 8.80. The lowest BCUT2D eigenvalue weighted by Gasteiger charge is -2.26. The highest BCUT2D eigenvalue weighted by atomic mass is 19.3. The summed E-state index contributed by atoms with van der Waals surface area (Å²) in [4.78, 5) is 42.7. The number of hydrogen-bond acceptors (Lipinski definition) is 7. The van der Waals surface area contributed by atoms with Gasteiger partial charge in [0.05, 0.1) is 18.2 Å². The molecule has 1 aromatic heterocycles. The highest BCUT2D eigenvalue weighted by Gasteiger charge is 2.33. The van der Waals surface area contributed by atoms with Crippen molar-refractivity contribution in [2.75, 3.05) is 0 Å². The second-order valence-electron chi connectivity index (χ2n) is 10.1. The van der Waals surface area contributed by atoms with Crippen LogP contribution >= 0.6 is 0 Å². The number of nitrogens with zero attached hydrogens (tertiary/aromatic N) is 2. The molecule has 0 radical (unpaired) electrons. The van der Waals surface area contributed by atoms with Crippen molar-refractivity contribution in [3.8, 4) is 5.75 Å². The summed E-state index contributed by atoms with van der Waals surface area (Å²) >= 11 is 0. The highest BCUT2D eigenvalue weighted by Crippen LogP contribution is 2.29. The van der Waals surface area contributed by atoms with Crippen molar-refractivity contribution < 1.29 is 27.9 Å². The van der Waals surface area contributed by atoms with Gasteiger partial charge in [0.1, 0.15) is 17.9 Å². The molecule has 0 amide bonds. The molecule has 10 heteroatoms. The van der Waals surface area contributed by atoms with Crippen LogP contribution in [-0.4, -0.2) is 51.1 Å². The van der Waals surface area contributed by atoms with Gasteiger partial charge in [-0.1, -0.05) is 39.3 Å². The van der Waals surface area contributed by atoms with Gasteiger partial charge < -0.3 is 4.74 Å². The second kappa shape index (κ2) is 13.5. The SMILES string of the molecule is CCC[C@H](CC(=O)[C@H](Cc1ncn[nH]1)N[C@@H](c1ccc(OC2CC2)cc1)C(F)F)C(=O)C(=O)CC(C)C. The van der Waals surface area contributed by atoms with Crippen molar-refractivity contribution in [3.63, 3.8) is 0 Å². The van der Waals surface area contributed by atoms with Gasteiger partial charge in [-0.05, 0) is 42.9 Å². The lowest BCUT2D eigenvalue weighted by molar-refractivity contribution is -0.140. The van der Waals surface area contributed by atoms with Gasteiger partial charge in [0.25, 0.3) is 6.43 Å². The Labute approximate surface area is 216 Å². The maximum absolute atomic E-state index is 14.2. The van der Waals surface area contributed by atoms with Crippen LogP contribution in [0.4, 0.5) is 8.78 Å². The fourth-order valence-electron chi connectivity index (χ4n) is 4.21. The van der Waals surface area contributed by atoms with Gasteiger partial charge in [0.15, 0.2) is 11.6 Å². The molecule has 1 aliphatic carbocycles. The topological polar surface area (TPSA) is 114 Å². The van der Waals surface area contributed by atoms with E-state index < -0.39 is 41.8 Å². The molecule has 202 valence electrons. The van der Waals surface area contributed by atoms with Crippen LogP contribution in [0, 0.1) is 11.8 Å². The number of hydrogen-bond donors (Lipinski definition) is 2. The number of Topliss-reactive ketones (excluding diaryl/α,β-unsaturated/α-hetero) is 3. The third-order valence-electron chi connectivity index (χ3n) is 6.27. The van der Waals surface area contributed by atoms with Crippen molar-refractivity contribution in [2.45, 2.75) is 90.3 Å². The number of halogens is 2. The molecule has 0 bridgehead atoms. The van der Waals surface area contributed by atoms with E-state index in [4.69, 9.17) is 4.74 Å². The normalized spacial score (nSPS) is 16.0. The van der Waals surface area contributed by atoms with E-state index in [2.05, 4.69) is 20.5 Å². The molecule has 1 saturated carbocycles. The summed E-state index contributed by atoms with van der Waals surface area (Å²) in [5.74, 6) is -1.31. The zero-order valence-corrected chi connectivity index (χ0v) is 21.6. The zero-order valence-electron chi connectivity index (χ0n) is 21.6. The van der Waals surface area contributed by atoms with Gasteiger partial charge in [-0.15, -0.1) is 0 Å². The standard InChI is InChI=1S/C27H36F2N4O4/c1-4-5-18(26(36)23(35)12-16(2)3)13-22(34)21(14-24-30-15-31-33-24)32-25(27(28)29)17-6-8-19(9-7-17)37-20-10-11-20/h6-9,15-16,18,20-21,25,27,32H,4-5,10-14H2,1-3H3,(H,30,31,33)/t18-,21+,25+/m1/s1. The minimum absolute atomic E-state index is 0.0160. The van der Waals surface area contributed by atoms with Gasteiger partial charge in [-0.2, -0.15) is 5.10 Å². The van der Waals surface area contributed by atoms with Gasteiger partial charge in [-0.25, -0.2) is 13.8 Å². The zero-order chi connectivity index (χ0) is 26.9. The van der Waals surface area contributed by atoms with Crippen molar-refractivity contribution in [1.82, 2.24) is 20.5 Å². The lowest BCUT2D eigenvalue weighted by Crippen LogP contribution is -2.44. The number of ether oxygens (including phenoxy) is 1. The molecule has 37 heavy (non-hydrogen) atoms. The molecule has 2 N–H and O–H groups in total. The van der Waals surface area contributed by atoms with Crippen molar-refractivity contribution >= 4 is 17.3 Å². The summed E-state index contributed by atoms with van der Waals surface area (Å²) in [6, 6.07) is 3.91. The van der Waals surface area contributed by atoms with Crippen LogP contribution in [0.15, 0.2) is 30.6 Å². The van der Waals surface area contributed by atoms with E-state index >= 15 is 0 Å². The van der Waals surface area contributed by atoms with E-state index in [1.165, 1.54) is 6.33 Å². The number of aromatic amines is 1. The Bertz CT molecular complexity index is 1020. The monoisotopic (exact) mass is 518 g/mol. The van der Waals surface area contributed by atoms with Crippen LogP contribution in [0.2, 0.25) is 0 Å². The smallest absolute Gasteiger partial charge is 0.257 e. The van der Waals surface area contributed by atoms with E-state index in [1.54, 1.807) is 24.3 Å². The number of alkyl halides is 2. The van der Waals surface area contributed by atoms with Gasteiger partial charge in [-0.3, -0.25) is 24.8 Å². The number of nitrogens with one attached hydrogen (secondary N) is 2. The van der Waals surface area contributed by atoms with Gasteiger partial charge >= 0.3 is 0 Å². The molecule has 0 aliphatic heterocycles. The van der Waals surface area contributed by atoms with E-state index in [9.17, 15) is 23.2 Å². The molecule has 1 aromatic carbocycles. The Morgan fingerprint density at radius 1 is 1.14 bits per heavy atom. The van der Waals surface area contributed by atoms with E-state index in [0.717, 1.165) is 12.8 Å². The van der Waals surface area contributed by atoms with Crippen LogP contribution in [0.3, 0.4) is 0 Å². The first-order valence-corrected chi connectivity index (χ1v) is 12.9. The minimum atomic E-state index is -2.80. The molecule has 2 aromatic rings. The maximum atomic E-state index is 14.2. The van der Waals surface area contributed by atoms with Crippen LogP contribution in [0.25, 0.3) is 0 Å². The molecule has 0 spiro atoms. The number of benzene rings is 1. The average molecular weight is 519 g/mol.